The number of carbonyl (C=O) groups is 1. The zero-order valence-corrected chi connectivity index (χ0v) is 15.1. The number of amides is 1. The van der Waals surface area contributed by atoms with Crippen LogP contribution in [0.5, 0.6) is 0 Å². The summed E-state index contributed by atoms with van der Waals surface area (Å²) >= 11 is 0. The van der Waals surface area contributed by atoms with Crippen LogP contribution in [0.2, 0.25) is 0 Å². The predicted octanol–water partition coefficient (Wildman–Crippen LogP) is 2.99. The minimum absolute atomic E-state index is 0. The Hall–Kier alpha value is -1.88. The molecule has 1 N–H and O–H groups in total. The third-order valence-electron chi connectivity index (χ3n) is 4.94. The SMILES string of the molecule is C[C@H]1OCCN[C@@H]1C(=O)N1Cc2ccccc2-c2ccccc2C1.Cl. The van der Waals surface area contributed by atoms with E-state index in [0.717, 1.165) is 6.54 Å². The molecule has 1 saturated heterocycles. The number of benzene rings is 2. The van der Waals surface area contributed by atoms with Crippen LogP contribution in [0.15, 0.2) is 48.5 Å². The molecular formula is C20H23ClN2O2. The molecule has 2 aromatic rings. The second-order valence-electron chi connectivity index (χ2n) is 6.52. The van der Waals surface area contributed by atoms with Gasteiger partial charge in [0, 0.05) is 19.6 Å². The maximum Gasteiger partial charge on any atom is 0.242 e. The van der Waals surface area contributed by atoms with Crippen molar-refractivity contribution in [3.05, 3.63) is 59.7 Å². The van der Waals surface area contributed by atoms with Gasteiger partial charge in [0.15, 0.2) is 0 Å². The van der Waals surface area contributed by atoms with Gasteiger partial charge in [0.1, 0.15) is 6.04 Å². The van der Waals surface area contributed by atoms with Crippen LogP contribution in [0, 0.1) is 0 Å². The van der Waals surface area contributed by atoms with Crippen LogP contribution in [-0.4, -0.2) is 36.1 Å². The predicted molar refractivity (Wildman–Crippen MR) is 101 cm³/mol. The molecule has 1 amide bonds. The smallest absolute Gasteiger partial charge is 0.242 e. The third-order valence-corrected chi connectivity index (χ3v) is 4.94. The largest absolute Gasteiger partial charge is 0.375 e. The molecule has 0 unspecified atom stereocenters. The van der Waals surface area contributed by atoms with Gasteiger partial charge in [-0.2, -0.15) is 0 Å². The quantitative estimate of drug-likeness (QED) is 0.852. The Bertz CT molecular complexity index is 717. The Labute approximate surface area is 154 Å². The van der Waals surface area contributed by atoms with Crippen molar-refractivity contribution in [2.45, 2.75) is 32.2 Å². The Morgan fingerprint density at radius 3 is 2.16 bits per heavy atom. The summed E-state index contributed by atoms with van der Waals surface area (Å²) in [6.45, 7) is 4.62. The second kappa shape index (κ2) is 7.56. The molecule has 5 heteroatoms. The van der Waals surface area contributed by atoms with Gasteiger partial charge in [0.05, 0.1) is 12.7 Å². The molecule has 2 aliphatic heterocycles. The van der Waals surface area contributed by atoms with Gasteiger partial charge in [0.2, 0.25) is 5.91 Å². The fourth-order valence-corrected chi connectivity index (χ4v) is 3.67. The number of rotatable bonds is 1. The molecule has 2 aromatic carbocycles. The van der Waals surface area contributed by atoms with Crippen LogP contribution in [-0.2, 0) is 22.6 Å². The summed E-state index contributed by atoms with van der Waals surface area (Å²) in [7, 11) is 0. The Kier molecular flexibility index (Phi) is 5.42. The van der Waals surface area contributed by atoms with E-state index >= 15 is 0 Å². The first-order chi connectivity index (χ1) is 11.7. The van der Waals surface area contributed by atoms with Gasteiger partial charge in [0.25, 0.3) is 0 Å². The number of carbonyl (C=O) groups excluding carboxylic acids is 1. The molecular weight excluding hydrogens is 336 g/mol. The van der Waals surface area contributed by atoms with Gasteiger partial charge in [-0.25, -0.2) is 0 Å². The van der Waals surface area contributed by atoms with Crippen molar-refractivity contribution in [1.29, 1.82) is 0 Å². The summed E-state index contributed by atoms with van der Waals surface area (Å²) in [5, 5.41) is 3.32. The van der Waals surface area contributed by atoms with Gasteiger partial charge >= 0.3 is 0 Å². The van der Waals surface area contributed by atoms with Crippen molar-refractivity contribution >= 4 is 18.3 Å². The van der Waals surface area contributed by atoms with Crippen LogP contribution in [0.1, 0.15) is 18.1 Å². The zero-order chi connectivity index (χ0) is 16.5. The van der Waals surface area contributed by atoms with Gasteiger partial charge < -0.3 is 15.0 Å². The molecule has 0 radical (unpaired) electrons. The molecule has 0 bridgehead atoms. The van der Waals surface area contributed by atoms with Crippen molar-refractivity contribution < 1.29 is 9.53 Å². The number of morpholine rings is 1. The lowest BCUT2D eigenvalue weighted by atomic mass is 9.97. The van der Waals surface area contributed by atoms with E-state index in [0.29, 0.717) is 19.7 Å². The third kappa shape index (κ3) is 3.43. The average molecular weight is 359 g/mol. The van der Waals surface area contributed by atoms with E-state index in [9.17, 15) is 4.79 Å². The fraction of sp³-hybridized carbons (Fsp3) is 0.350. The maximum absolute atomic E-state index is 13.1. The normalized spacial score (nSPS) is 22.2. The monoisotopic (exact) mass is 358 g/mol. The zero-order valence-electron chi connectivity index (χ0n) is 14.3. The lowest BCUT2D eigenvalue weighted by molar-refractivity contribution is -0.140. The number of hydrogen-bond acceptors (Lipinski definition) is 3. The highest BCUT2D eigenvalue weighted by atomic mass is 35.5. The number of ether oxygens (including phenoxy) is 1. The number of fused-ring (bicyclic) bond motifs is 3. The highest BCUT2D eigenvalue weighted by Crippen LogP contribution is 2.32. The molecule has 2 heterocycles. The first-order valence-electron chi connectivity index (χ1n) is 8.54. The summed E-state index contributed by atoms with van der Waals surface area (Å²) in [6.07, 6.45) is -0.0972. The van der Waals surface area contributed by atoms with E-state index in [2.05, 4.69) is 41.7 Å². The lowest BCUT2D eigenvalue weighted by Gasteiger charge is -2.33. The van der Waals surface area contributed by atoms with Gasteiger partial charge in [-0.05, 0) is 29.2 Å². The highest BCUT2D eigenvalue weighted by Gasteiger charge is 2.33. The minimum atomic E-state index is -0.267. The minimum Gasteiger partial charge on any atom is -0.375 e. The van der Waals surface area contributed by atoms with Crippen LogP contribution < -0.4 is 5.32 Å². The summed E-state index contributed by atoms with van der Waals surface area (Å²) < 4.78 is 5.66. The molecule has 2 aliphatic rings. The molecule has 4 nitrogen and oxygen atoms in total. The molecule has 0 spiro atoms. The standard InChI is InChI=1S/C20H22N2O2.ClH/c1-14-19(21-10-11-24-14)20(23)22-12-15-6-2-4-8-17(15)18-9-5-3-7-16(18)13-22;/h2-9,14,19,21H,10-13H2,1H3;1H/t14-,19+;/m1./s1. The molecule has 0 aliphatic carbocycles. The van der Waals surface area contributed by atoms with Crippen LogP contribution in [0.25, 0.3) is 11.1 Å². The summed E-state index contributed by atoms with van der Waals surface area (Å²) in [6, 6.07) is 16.5. The molecule has 4 rings (SSSR count). The molecule has 1 fully saturated rings. The van der Waals surface area contributed by atoms with Crippen LogP contribution in [0.4, 0.5) is 0 Å². The van der Waals surface area contributed by atoms with E-state index in [-0.39, 0.29) is 30.5 Å². The first-order valence-corrected chi connectivity index (χ1v) is 8.54. The van der Waals surface area contributed by atoms with Gasteiger partial charge in [-0.3, -0.25) is 4.79 Å². The Morgan fingerprint density at radius 1 is 1.04 bits per heavy atom. The first kappa shape index (κ1) is 17.9. The maximum atomic E-state index is 13.1. The van der Waals surface area contributed by atoms with Gasteiger partial charge in [-0.15, -0.1) is 12.4 Å². The van der Waals surface area contributed by atoms with E-state index < -0.39 is 0 Å². The lowest BCUT2D eigenvalue weighted by Crippen LogP contribution is -2.56. The van der Waals surface area contributed by atoms with Crippen molar-refractivity contribution in [2.24, 2.45) is 0 Å². The molecule has 2 atom stereocenters. The van der Waals surface area contributed by atoms with E-state index in [1.54, 1.807) is 0 Å². The highest BCUT2D eigenvalue weighted by molar-refractivity contribution is 5.85. The van der Waals surface area contributed by atoms with Crippen LogP contribution in [0.3, 0.4) is 0 Å². The number of nitrogens with zero attached hydrogens (tertiary/aromatic N) is 1. The molecule has 25 heavy (non-hydrogen) atoms. The van der Waals surface area contributed by atoms with Crippen molar-refractivity contribution in [2.75, 3.05) is 13.2 Å². The fourth-order valence-electron chi connectivity index (χ4n) is 3.67. The second-order valence-corrected chi connectivity index (χ2v) is 6.52. The summed E-state index contributed by atoms with van der Waals surface area (Å²) in [5.41, 5.74) is 4.84. The van der Waals surface area contributed by atoms with Crippen molar-refractivity contribution in [1.82, 2.24) is 10.2 Å². The number of nitrogens with one attached hydrogen (secondary N) is 1. The van der Waals surface area contributed by atoms with Crippen molar-refractivity contribution in [3.63, 3.8) is 0 Å². The molecule has 132 valence electrons. The van der Waals surface area contributed by atoms with Crippen LogP contribution >= 0.6 is 12.4 Å². The van der Waals surface area contributed by atoms with E-state index in [4.69, 9.17) is 4.74 Å². The van der Waals surface area contributed by atoms with Crippen molar-refractivity contribution in [3.8, 4) is 11.1 Å². The molecule has 0 aromatic heterocycles. The number of hydrogen-bond donors (Lipinski definition) is 1. The number of halogens is 1. The average Bonchev–Trinajstić information content (AvgIpc) is 2.78. The van der Waals surface area contributed by atoms with Gasteiger partial charge in [-0.1, -0.05) is 48.5 Å². The van der Waals surface area contributed by atoms with E-state index in [1.807, 2.05) is 24.0 Å². The topological polar surface area (TPSA) is 41.6 Å². The summed E-state index contributed by atoms with van der Waals surface area (Å²) in [5.74, 6) is 0.119. The summed E-state index contributed by atoms with van der Waals surface area (Å²) in [4.78, 5) is 15.1. The Balaban J connectivity index is 0.00000182. The Morgan fingerprint density at radius 2 is 1.60 bits per heavy atom. The molecule has 0 saturated carbocycles. The van der Waals surface area contributed by atoms with E-state index in [1.165, 1.54) is 22.3 Å².